The topological polar surface area (TPSA) is 84.1 Å². The third-order valence-corrected chi connectivity index (χ3v) is 4.06. The minimum Gasteiger partial charge on any atom is -0.347 e. The van der Waals surface area contributed by atoms with Gasteiger partial charge in [0.25, 0.3) is 0 Å². The molecule has 0 aliphatic rings. The molecule has 1 heterocycles. The number of carbonyl (C=O) groups excluding carboxylic acids is 1. The fourth-order valence-corrected chi connectivity index (χ4v) is 2.22. The molecular weight excluding hydrogens is 302 g/mol. The Bertz CT molecular complexity index is 684. The maximum absolute atomic E-state index is 12.2. The second-order valence-corrected chi connectivity index (χ2v) is 6.15. The summed E-state index contributed by atoms with van der Waals surface area (Å²) >= 11 is 0. The van der Waals surface area contributed by atoms with Crippen LogP contribution in [0.2, 0.25) is 0 Å². The third kappa shape index (κ3) is 4.29. The Morgan fingerprint density at radius 1 is 1.25 bits per heavy atom. The van der Waals surface area contributed by atoms with Gasteiger partial charge in [-0.15, -0.1) is 0 Å². The minimum atomic E-state index is -0.513. The van der Waals surface area contributed by atoms with Crippen LogP contribution < -0.4 is 16.0 Å². The summed E-state index contributed by atoms with van der Waals surface area (Å²) in [5.41, 5.74) is 8.52. The molecule has 0 bridgehead atoms. The highest BCUT2D eigenvalue weighted by Crippen LogP contribution is 2.22. The molecule has 2 atom stereocenters. The van der Waals surface area contributed by atoms with Crippen molar-refractivity contribution in [1.82, 2.24) is 9.97 Å². The molecule has 3 N–H and O–H groups in total. The molecule has 1 aromatic carbocycles. The summed E-state index contributed by atoms with van der Waals surface area (Å²) < 4.78 is 0. The number of nitrogens with two attached hydrogens (primary N) is 1. The van der Waals surface area contributed by atoms with E-state index in [1.165, 1.54) is 0 Å². The van der Waals surface area contributed by atoms with Crippen molar-refractivity contribution in [1.29, 1.82) is 0 Å². The van der Waals surface area contributed by atoms with Crippen LogP contribution in [0.5, 0.6) is 0 Å². The molecule has 6 nitrogen and oxygen atoms in total. The van der Waals surface area contributed by atoms with E-state index in [-0.39, 0.29) is 11.8 Å². The van der Waals surface area contributed by atoms with Crippen molar-refractivity contribution < 1.29 is 4.79 Å². The fraction of sp³-hybridized carbons (Fsp3) is 0.389. The summed E-state index contributed by atoms with van der Waals surface area (Å²) in [5, 5.41) is 2.88. The van der Waals surface area contributed by atoms with Crippen molar-refractivity contribution >= 4 is 17.5 Å². The molecule has 128 valence electrons. The summed E-state index contributed by atoms with van der Waals surface area (Å²) in [6.45, 7) is 4.00. The van der Waals surface area contributed by atoms with Gasteiger partial charge in [-0.05, 0) is 23.6 Å². The molecule has 2 rings (SSSR count). The molecule has 2 aromatic rings. The first-order chi connectivity index (χ1) is 11.4. The number of aromatic nitrogens is 2. The fourth-order valence-electron chi connectivity index (χ4n) is 2.22. The van der Waals surface area contributed by atoms with Crippen LogP contribution in [0.15, 0.2) is 36.7 Å². The van der Waals surface area contributed by atoms with Crippen LogP contribution in [-0.2, 0) is 4.79 Å². The first-order valence-electron chi connectivity index (χ1n) is 8.08. The van der Waals surface area contributed by atoms with Crippen molar-refractivity contribution in [2.75, 3.05) is 24.3 Å². The summed E-state index contributed by atoms with van der Waals surface area (Å²) in [4.78, 5) is 22.7. The monoisotopic (exact) mass is 327 g/mol. The predicted octanol–water partition coefficient (Wildman–Crippen LogP) is 2.52. The highest BCUT2D eigenvalue weighted by molar-refractivity contribution is 5.95. The summed E-state index contributed by atoms with van der Waals surface area (Å²) in [6, 6.07) is 7.08. The van der Waals surface area contributed by atoms with Crippen LogP contribution in [-0.4, -0.2) is 36.0 Å². The lowest BCUT2D eigenvalue weighted by Gasteiger charge is -2.18. The van der Waals surface area contributed by atoms with Gasteiger partial charge in [-0.25, -0.2) is 9.97 Å². The largest absolute Gasteiger partial charge is 0.347 e. The average molecular weight is 327 g/mol. The van der Waals surface area contributed by atoms with E-state index in [1.54, 1.807) is 12.4 Å². The maximum atomic E-state index is 12.2. The lowest BCUT2D eigenvalue weighted by Crippen LogP contribution is -2.40. The molecule has 24 heavy (non-hydrogen) atoms. The lowest BCUT2D eigenvalue weighted by molar-refractivity contribution is -0.118. The van der Waals surface area contributed by atoms with E-state index in [0.29, 0.717) is 11.6 Å². The third-order valence-electron chi connectivity index (χ3n) is 4.06. The van der Waals surface area contributed by atoms with E-state index < -0.39 is 6.04 Å². The van der Waals surface area contributed by atoms with Gasteiger partial charge >= 0.3 is 0 Å². The maximum Gasteiger partial charge on any atom is 0.241 e. The van der Waals surface area contributed by atoms with Gasteiger partial charge in [-0.2, -0.15) is 0 Å². The van der Waals surface area contributed by atoms with Gasteiger partial charge in [-0.3, -0.25) is 4.79 Å². The smallest absolute Gasteiger partial charge is 0.241 e. The standard InChI is InChI=1S/C18H25N5O/c1-5-12(2)16(19)17(24)22-15-8-6-7-13(9-15)14-10-20-18(21-11-14)23(3)4/h6-12,16H,5,19H2,1-4H3,(H,22,24)/t12-,16-/m1/s1. The Morgan fingerprint density at radius 2 is 1.92 bits per heavy atom. The second-order valence-electron chi connectivity index (χ2n) is 6.15. The molecule has 0 fully saturated rings. The number of nitrogens with zero attached hydrogens (tertiary/aromatic N) is 3. The molecule has 0 aliphatic heterocycles. The highest BCUT2D eigenvalue weighted by atomic mass is 16.2. The first kappa shape index (κ1) is 17.9. The first-order valence-corrected chi connectivity index (χ1v) is 8.08. The predicted molar refractivity (Wildman–Crippen MR) is 97.9 cm³/mol. The number of hydrogen-bond donors (Lipinski definition) is 2. The van der Waals surface area contributed by atoms with Crippen molar-refractivity contribution in [3.05, 3.63) is 36.7 Å². The summed E-state index contributed by atoms with van der Waals surface area (Å²) in [6.07, 6.45) is 4.41. The Hall–Kier alpha value is -2.47. The minimum absolute atomic E-state index is 0.139. The van der Waals surface area contributed by atoms with E-state index in [2.05, 4.69) is 15.3 Å². The van der Waals surface area contributed by atoms with Crippen LogP contribution in [0, 0.1) is 5.92 Å². The molecule has 0 radical (unpaired) electrons. The van der Waals surface area contributed by atoms with Crippen molar-refractivity contribution in [3.63, 3.8) is 0 Å². The molecule has 0 saturated carbocycles. The number of hydrogen-bond acceptors (Lipinski definition) is 5. The van der Waals surface area contributed by atoms with E-state index >= 15 is 0 Å². The van der Waals surface area contributed by atoms with Gasteiger partial charge < -0.3 is 16.0 Å². The molecule has 0 unspecified atom stereocenters. The number of rotatable bonds is 6. The van der Waals surface area contributed by atoms with Gasteiger partial charge in [0.2, 0.25) is 11.9 Å². The van der Waals surface area contributed by atoms with Gasteiger partial charge in [0.1, 0.15) is 0 Å². The normalized spacial score (nSPS) is 13.2. The zero-order chi connectivity index (χ0) is 17.7. The lowest BCUT2D eigenvalue weighted by atomic mass is 9.99. The molecule has 0 spiro atoms. The van der Waals surface area contributed by atoms with E-state index in [9.17, 15) is 4.79 Å². The van der Waals surface area contributed by atoms with Crippen LogP contribution in [0.1, 0.15) is 20.3 Å². The van der Waals surface area contributed by atoms with Crippen molar-refractivity contribution in [2.24, 2.45) is 11.7 Å². The molecular formula is C18H25N5O. The quantitative estimate of drug-likeness (QED) is 0.851. The zero-order valence-electron chi connectivity index (χ0n) is 14.7. The number of carbonyl (C=O) groups is 1. The van der Waals surface area contributed by atoms with Crippen LogP contribution in [0.4, 0.5) is 11.6 Å². The summed E-state index contributed by atoms with van der Waals surface area (Å²) in [7, 11) is 3.79. The van der Waals surface area contributed by atoms with Crippen LogP contribution >= 0.6 is 0 Å². The Balaban J connectivity index is 2.15. The molecule has 1 amide bonds. The molecule has 6 heteroatoms. The average Bonchev–Trinajstić information content (AvgIpc) is 2.60. The summed E-state index contributed by atoms with van der Waals surface area (Å²) in [5.74, 6) is 0.628. The Morgan fingerprint density at radius 3 is 2.50 bits per heavy atom. The van der Waals surface area contributed by atoms with Gasteiger partial charge in [-0.1, -0.05) is 32.4 Å². The highest BCUT2D eigenvalue weighted by Gasteiger charge is 2.19. The van der Waals surface area contributed by atoms with Crippen LogP contribution in [0.25, 0.3) is 11.1 Å². The number of nitrogens with one attached hydrogen (secondary N) is 1. The van der Waals surface area contributed by atoms with E-state index in [1.807, 2.05) is 57.1 Å². The SMILES string of the molecule is CC[C@@H](C)[C@@H](N)C(=O)Nc1cccc(-c2cnc(N(C)C)nc2)c1. The number of amides is 1. The Kier molecular flexibility index (Phi) is 5.87. The van der Waals surface area contributed by atoms with Gasteiger partial charge in [0, 0.05) is 37.7 Å². The molecule has 0 saturated heterocycles. The number of anilines is 2. The van der Waals surface area contributed by atoms with Gasteiger partial charge in [0.15, 0.2) is 0 Å². The van der Waals surface area contributed by atoms with Crippen molar-refractivity contribution in [2.45, 2.75) is 26.3 Å². The van der Waals surface area contributed by atoms with E-state index in [4.69, 9.17) is 5.73 Å². The molecule has 1 aromatic heterocycles. The number of benzene rings is 1. The van der Waals surface area contributed by atoms with Crippen molar-refractivity contribution in [3.8, 4) is 11.1 Å². The molecule has 0 aliphatic carbocycles. The van der Waals surface area contributed by atoms with Crippen LogP contribution in [0.3, 0.4) is 0 Å². The van der Waals surface area contributed by atoms with Gasteiger partial charge in [0.05, 0.1) is 6.04 Å². The van der Waals surface area contributed by atoms with E-state index in [0.717, 1.165) is 17.5 Å². The zero-order valence-corrected chi connectivity index (χ0v) is 14.7. The Labute approximate surface area is 143 Å². The second kappa shape index (κ2) is 7.88.